The number of nitrogens with one attached hydrogen (secondary N) is 1. The van der Waals surface area contributed by atoms with Gasteiger partial charge < -0.3 is 10.1 Å². The average molecular weight is 406 g/mol. The molecule has 1 atom stereocenters. The molecule has 0 spiro atoms. The van der Waals surface area contributed by atoms with Crippen LogP contribution in [0.5, 0.6) is 5.75 Å². The third-order valence-corrected chi connectivity index (χ3v) is 6.71. The number of fused-ring (bicyclic) bond motifs is 1. The van der Waals surface area contributed by atoms with Gasteiger partial charge in [0.1, 0.15) is 16.5 Å². The second-order valence-electron chi connectivity index (χ2n) is 6.77. The maximum Gasteiger partial charge on any atom is 0.247 e. The molecule has 6 nitrogen and oxygen atoms in total. The molecule has 0 aromatic heterocycles. The molecule has 1 N–H and O–H groups in total. The highest BCUT2D eigenvalue weighted by Gasteiger charge is 2.28. The van der Waals surface area contributed by atoms with E-state index in [0.717, 1.165) is 41.3 Å². The van der Waals surface area contributed by atoms with Gasteiger partial charge in [-0.05, 0) is 48.6 Å². The lowest BCUT2D eigenvalue weighted by Crippen LogP contribution is -2.40. The maximum atomic E-state index is 13.6. The van der Waals surface area contributed by atoms with Gasteiger partial charge in [-0.1, -0.05) is 24.3 Å². The van der Waals surface area contributed by atoms with E-state index in [1.807, 2.05) is 24.3 Å². The molecule has 1 aliphatic carbocycles. The van der Waals surface area contributed by atoms with Crippen LogP contribution in [-0.4, -0.2) is 39.3 Å². The number of carbonyl (C=O) groups is 1. The van der Waals surface area contributed by atoms with E-state index in [2.05, 4.69) is 5.32 Å². The molecular formula is C20H23FN2O4S. The molecule has 0 heterocycles. The van der Waals surface area contributed by atoms with Gasteiger partial charge in [0.05, 0.1) is 19.7 Å². The van der Waals surface area contributed by atoms with Crippen LogP contribution >= 0.6 is 0 Å². The summed E-state index contributed by atoms with van der Waals surface area (Å²) in [5, 5.41) is 2.92. The first-order valence-electron chi connectivity index (χ1n) is 9.00. The van der Waals surface area contributed by atoms with Gasteiger partial charge >= 0.3 is 0 Å². The first kappa shape index (κ1) is 20.3. The third kappa shape index (κ3) is 4.18. The van der Waals surface area contributed by atoms with Gasteiger partial charge in [0.15, 0.2) is 0 Å². The zero-order valence-electron chi connectivity index (χ0n) is 15.8. The Balaban J connectivity index is 1.74. The zero-order valence-corrected chi connectivity index (χ0v) is 16.6. The van der Waals surface area contributed by atoms with Crippen molar-refractivity contribution in [3.63, 3.8) is 0 Å². The number of amides is 1. The Hall–Kier alpha value is -2.45. The highest BCUT2D eigenvalue weighted by molar-refractivity contribution is 7.89. The number of hydrogen-bond acceptors (Lipinski definition) is 4. The van der Waals surface area contributed by atoms with E-state index in [-0.39, 0.29) is 23.2 Å². The standard InChI is InChI=1S/C20H23FN2O4S/c1-23(28(25,26)19-12-15(21)10-11-18(19)27-2)13-20(24)22-17-9-5-7-14-6-3-4-8-16(14)17/h3-4,6,8,10-12,17H,5,7,9,13H2,1-2H3,(H,22,24)/t17-/m1/s1. The molecule has 0 aliphatic heterocycles. The summed E-state index contributed by atoms with van der Waals surface area (Å²) in [4.78, 5) is 12.2. The van der Waals surface area contributed by atoms with Crippen molar-refractivity contribution in [2.24, 2.45) is 0 Å². The van der Waals surface area contributed by atoms with Crippen molar-refractivity contribution in [1.82, 2.24) is 9.62 Å². The molecule has 2 aromatic carbocycles. The van der Waals surface area contributed by atoms with Crippen LogP contribution in [0.1, 0.15) is 30.0 Å². The van der Waals surface area contributed by atoms with E-state index in [9.17, 15) is 17.6 Å². The Kier molecular flexibility index (Phi) is 6.00. The first-order valence-corrected chi connectivity index (χ1v) is 10.4. The second kappa shape index (κ2) is 8.28. The molecule has 0 bridgehead atoms. The van der Waals surface area contributed by atoms with Crippen LogP contribution in [0.3, 0.4) is 0 Å². The number of nitrogens with zero attached hydrogens (tertiary/aromatic N) is 1. The molecule has 1 amide bonds. The fourth-order valence-corrected chi connectivity index (χ4v) is 4.74. The number of likely N-dealkylation sites (N-methyl/N-ethyl adjacent to an activating group) is 1. The summed E-state index contributed by atoms with van der Waals surface area (Å²) in [6, 6.07) is 11.0. The highest BCUT2D eigenvalue weighted by Crippen LogP contribution is 2.30. The Morgan fingerprint density at radius 2 is 2.04 bits per heavy atom. The molecule has 0 saturated heterocycles. The summed E-state index contributed by atoms with van der Waals surface area (Å²) >= 11 is 0. The van der Waals surface area contributed by atoms with E-state index >= 15 is 0 Å². The predicted molar refractivity (Wildman–Crippen MR) is 103 cm³/mol. The van der Waals surface area contributed by atoms with Crippen molar-refractivity contribution < 1.29 is 22.3 Å². The summed E-state index contributed by atoms with van der Waals surface area (Å²) in [6.07, 6.45) is 2.73. The Bertz CT molecular complexity index is 978. The van der Waals surface area contributed by atoms with Crippen LogP contribution < -0.4 is 10.1 Å². The fraction of sp³-hybridized carbons (Fsp3) is 0.350. The van der Waals surface area contributed by atoms with Crippen LogP contribution in [-0.2, 0) is 21.2 Å². The predicted octanol–water partition coefficient (Wildman–Crippen LogP) is 2.65. The minimum Gasteiger partial charge on any atom is -0.495 e. The number of halogens is 1. The van der Waals surface area contributed by atoms with Gasteiger partial charge in [-0.25, -0.2) is 12.8 Å². The number of aryl methyl sites for hydroxylation is 1. The zero-order chi connectivity index (χ0) is 20.3. The SMILES string of the molecule is COc1ccc(F)cc1S(=O)(=O)N(C)CC(=O)N[C@@H]1CCCc2ccccc21. The van der Waals surface area contributed by atoms with E-state index in [0.29, 0.717) is 0 Å². The topological polar surface area (TPSA) is 75.7 Å². The van der Waals surface area contributed by atoms with Crippen LogP contribution in [0.2, 0.25) is 0 Å². The van der Waals surface area contributed by atoms with Crippen LogP contribution in [0.15, 0.2) is 47.4 Å². The molecule has 150 valence electrons. The lowest BCUT2D eigenvalue weighted by molar-refractivity contribution is -0.122. The minimum absolute atomic E-state index is 0.0230. The lowest BCUT2D eigenvalue weighted by Gasteiger charge is -2.27. The van der Waals surface area contributed by atoms with E-state index in [1.54, 1.807) is 0 Å². The van der Waals surface area contributed by atoms with Crippen molar-refractivity contribution in [2.45, 2.75) is 30.2 Å². The maximum absolute atomic E-state index is 13.6. The third-order valence-electron chi connectivity index (χ3n) is 4.88. The summed E-state index contributed by atoms with van der Waals surface area (Å²) in [6.45, 7) is -0.374. The molecule has 2 aromatic rings. The summed E-state index contributed by atoms with van der Waals surface area (Å²) < 4.78 is 45.1. The summed E-state index contributed by atoms with van der Waals surface area (Å²) in [5.41, 5.74) is 2.27. The van der Waals surface area contributed by atoms with Crippen LogP contribution in [0.25, 0.3) is 0 Å². The minimum atomic E-state index is -4.09. The van der Waals surface area contributed by atoms with E-state index in [4.69, 9.17) is 4.74 Å². The molecule has 0 unspecified atom stereocenters. The summed E-state index contributed by atoms with van der Waals surface area (Å²) in [7, 11) is -1.50. The molecular weight excluding hydrogens is 383 g/mol. The number of ether oxygens (including phenoxy) is 1. The Morgan fingerprint density at radius 1 is 1.29 bits per heavy atom. The molecule has 0 radical (unpaired) electrons. The molecule has 0 saturated carbocycles. The smallest absolute Gasteiger partial charge is 0.247 e. The van der Waals surface area contributed by atoms with Gasteiger partial charge in [-0.15, -0.1) is 0 Å². The van der Waals surface area contributed by atoms with E-state index < -0.39 is 21.7 Å². The summed E-state index contributed by atoms with van der Waals surface area (Å²) in [5.74, 6) is -1.09. The van der Waals surface area contributed by atoms with Gasteiger partial charge in [0, 0.05) is 7.05 Å². The molecule has 3 rings (SSSR count). The monoisotopic (exact) mass is 406 g/mol. The number of methoxy groups -OCH3 is 1. The van der Waals surface area contributed by atoms with Crippen molar-refractivity contribution in [3.05, 3.63) is 59.4 Å². The quantitative estimate of drug-likeness (QED) is 0.800. The first-order chi connectivity index (χ1) is 13.3. The molecule has 28 heavy (non-hydrogen) atoms. The van der Waals surface area contributed by atoms with Crippen molar-refractivity contribution in [3.8, 4) is 5.75 Å². The highest BCUT2D eigenvalue weighted by atomic mass is 32.2. The van der Waals surface area contributed by atoms with Gasteiger partial charge in [0.2, 0.25) is 15.9 Å². The Labute approximate surface area is 164 Å². The fourth-order valence-electron chi connectivity index (χ4n) is 3.45. The number of hydrogen-bond donors (Lipinski definition) is 1. The van der Waals surface area contributed by atoms with Gasteiger partial charge in [0.25, 0.3) is 0 Å². The van der Waals surface area contributed by atoms with Crippen molar-refractivity contribution in [1.29, 1.82) is 0 Å². The van der Waals surface area contributed by atoms with Gasteiger partial charge in [-0.3, -0.25) is 4.79 Å². The Morgan fingerprint density at radius 3 is 2.79 bits per heavy atom. The van der Waals surface area contributed by atoms with Crippen LogP contribution in [0, 0.1) is 5.82 Å². The number of carbonyl (C=O) groups excluding carboxylic acids is 1. The van der Waals surface area contributed by atoms with Crippen molar-refractivity contribution in [2.75, 3.05) is 20.7 Å². The normalized spacial score (nSPS) is 16.5. The lowest BCUT2D eigenvalue weighted by atomic mass is 9.88. The average Bonchev–Trinajstić information content (AvgIpc) is 2.68. The number of sulfonamides is 1. The molecule has 1 aliphatic rings. The van der Waals surface area contributed by atoms with Crippen molar-refractivity contribution >= 4 is 15.9 Å². The number of rotatable bonds is 6. The molecule has 0 fully saturated rings. The van der Waals surface area contributed by atoms with Crippen LogP contribution in [0.4, 0.5) is 4.39 Å². The molecule has 8 heteroatoms. The van der Waals surface area contributed by atoms with E-state index in [1.165, 1.54) is 25.8 Å². The number of benzene rings is 2. The second-order valence-corrected chi connectivity index (χ2v) is 8.78. The van der Waals surface area contributed by atoms with Gasteiger partial charge in [-0.2, -0.15) is 4.31 Å². The largest absolute Gasteiger partial charge is 0.495 e.